The van der Waals surface area contributed by atoms with E-state index in [1.807, 2.05) is 32.9 Å². The van der Waals surface area contributed by atoms with Gasteiger partial charge in [0, 0.05) is 10.6 Å². The molecule has 0 aliphatic heterocycles. The van der Waals surface area contributed by atoms with Crippen molar-refractivity contribution < 1.29 is 14.7 Å². The molecule has 0 saturated carbocycles. The van der Waals surface area contributed by atoms with Crippen LogP contribution in [0.25, 0.3) is 0 Å². The zero-order valence-electron chi connectivity index (χ0n) is 15.0. The fourth-order valence-corrected chi connectivity index (χ4v) is 2.77. The fraction of sp³-hybridized carbons (Fsp3) is 0.300. The fourth-order valence-electron chi connectivity index (χ4n) is 2.59. The van der Waals surface area contributed by atoms with Gasteiger partial charge >= 0.3 is 0 Å². The zero-order chi connectivity index (χ0) is 19.3. The van der Waals surface area contributed by atoms with E-state index in [9.17, 15) is 14.7 Å². The van der Waals surface area contributed by atoms with E-state index in [0.29, 0.717) is 17.0 Å². The van der Waals surface area contributed by atoms with E-state index < -0.39 is 11.9 Å². The number of anilines is 1. The van der Waals surface area contributed by atoms with Crippen LogP contribution in [-0.4, -0.2) is 23.0 Å². The Labute approximate surface area is 158 Å². The number of phenolic OH excluding ortho intramolecular Hbond substituents is 1. The average Bonchev–Trinajstić information content (AvgIpc) is 2.57. The maximum atomic E-state index is 12.7. The van der Waals surface area contributed by atoms with Crippen LogP contribution in [0.2, 0.25) is 5.02 Å². The van der Waals surface area contributed by atoms with Gasteiger partial charge in [0.05, 0.1) is 5.69 Å². The molecule has 0 spiro atoms. The monoisotopic (exact) mass is 374 g/mol. The summed E-state index contributed by atoms with van der Waals surface area (Å²) < 4.78 is 0. The quantitative estimate of drug-likeness (QED) is 0.665. The highest BCUT2D eigenvalue weighted by Gasteiger charge is 2.24. The first-order valence-electron chi connectivity index (χ1n) is 8.43. The Morgan fingerprint density at radius 2 is 1.85 bits per heavy atom. The Morgan fingerprint density at radius 1 is 1.15 bits per heavy atom. The molecule has 2 aromatic carbocycles. The smallest absolute Gasteiger partial charge is 0.252 e. The van der Waals surface area contributed by atoms with Crippen molar-refractivity contribution in [2.24, 2.45) is 5.92 Å². The lowest BCUT2D eigenvalue weighted by atomic mass is 10.0. The van der Waals surface area contributed by atoms with Crippen LogP contribution < -0.4 is 10.6 Å². The highest BCUT2D eigenvalue weighted by Crippen LogP contribution is 2.27. The first-order chi connectivity index (χ1) is 12.3. The predicted octanol–water partition coefficient (Wildman–Crippen LogP) is 4.14. The van der Waals surface area contributed by atoms with Crippen molar-refractivity contribution in [2.75, 3.05) is 5.32 Å². The normalized spacial score (nSPS) is 11.9. The minimum absolute atomic E-state index is 0.0868. The number of aromatic hydroxyl groups is 1. The van der Waals surface area contributed by atoms with E-state index in [4.69, 9.17) is 11.6 Å². The van der Waals surface area contributed by atoms with E-state index in [2.05, 4.69) is 10.6 Å². The van der Waals surface area contributed by atoms with Crippen LogP contribution in [0.15, 0.2) is 42.5 Å². The first-order valence-corrected chi connectivity index (χ1v) is 8.81. The van der Waals surface area contributed by atoms with Crippen molar-refractivity contribution in [1.82, 2.24) is 5.32 Å². The largest absolute Gasteiger partial charge is 0.506 e. The molecule has 2 aromatic rings. The molecule has 1 unspecified atom stereocenters. The molecule has 2 rings (SSSR count). The van der Waals surface area contributed by atoms with Crippen LogP contribution in [0.1, 0.15) is 36.2 Å². The SMILES string of the molecule is Cc1ccccc1C(=O)NC(CC(C)C)C(=O)Nc1cc(Cl)ccc1O. The molecule has 3 N–H and O–H groups in total. The number of phenols is 1. The summed E-state index contributed by atoms with van der Waals surface area (Å²) in [6.45, 7) is 5.78. The summed E-state index contributed by atoms with van der Waals surface area (Å²) in [5, 5.41) is 15.7. The third-order valence-corrected chi connectivity index (χ3v) is 4.17. The van der Waals surface area contributed by atoms with Gasteiger partial charge in [-0.3, -0.25) is 9.59 Å². The zero-order valence-corrected chi connectivity index (χ0v) is 15.8. The van der Waals surface area contributed by atoms with Crippen molar-refractivity contribution in [1.29, 1.82) is 0 Å². The van der Waals surface area contributed by atoms with Crippen molar-refractivity contribution in [2.45, 2.75) is 33.2 Å². The summed E-state index contributed by atoms with van der Waals surface area (Å²) >= 11 is 5.91. The van der Waals surface area contributed by atoms with Gasteiger partial charge in [-0.1, -0.05) is 43.6 Å². The van der Waals surface area contributed by atoms with Gasteiger partial charge in [-0.2, -0.15) is 0 Å². The Balaban J connectivity index is 2.18. The average molecular weight is 375 g/mol. The van der Waals surface area contributed by atoms with Crippen LogP contribution in [0.3, 0.4) is 0 Å². The number of hydrogen-bond donors (Lipinski definition) is 3. The third-order valence-electron chi connectivity index (χ3n) is 3.94. The molecule has 0 heterocycles. The molecule has 2 amide bonds. The number of aryl methyl sites for hydroxylation is 1. The molecular formula is C20H23ClN2O3. The van der Waals surface area contributed by atoms with Gasteiger partial charge in [0.25, 0.3) is 5.91 Å². The second-order valence-electron chi connectivity index (χ2n) is 6.62. The second-order valence-corrected chi connectivity index (χ2v) is 7.06. The van der Waals surface area contributed by atoms with Crippen molar-refractivity contribution in [3.63, 3.8) is 0 Å². The highest BCUT2D eigenvalue weighted by molar-refractivity contribution is 6.31. The van der Waals surface area contributed by atoms with Gasteiger partial charge < -0.3 is 15.7 Å². The molecule has 0 aliphatic rings. The molecule has 1 atom stereocenters. The maximum absolute atomic E-state index is 12.7. The first kappa shape index (κ1) is 19.8. The van der Waals surface area contributed by atoms with E-state index in [0.717, 1.165) is 5.56 Å². The summed E-state index contributed by atoms with van der Waals surface area (Å²) in [5.74, 6) is -0.607. The van der Waals surface area contributed by atoms with Crippen LogP contribution in [-0.2, 0) is 4.79 Å². The number of rotatable bonds is 6. The number of hydrogen-bond acceptors (Lipinski definition) is 3. The predicted molar refractivity (Wildman–Crippen MR) is 104 cm³/mol. The van der Waals surface area contributed by atoms with Gasteiger partial charge in [0.2, 0.25) is 5.91 Å². The lowest BCUT2D eigenvalue weighted by Crippen LogP contribution is -2.44. The second kappa shape index (κ2) is 8.72. The minimum Gasteiger partial charge on any atom is -0.506 e. The number of amides is 2. The molecule has 0 radical (unpaired) electrons. The minimum atomic E-state index is -0.736. The molecule has 0 aromatic heterocycles. The van der Waals surface area contributed by atoms with Gasteiger partial charge in [-0.05, 0) is 49.1 Å². The lowest BCUT2D eigenvalue weighted by molar-refractivity contribution is -0.118. The van der Waals surface area contributed by atoms with Gasteiger partial charge in [0.15, 0.2) is 0 Å². The molecular weight excluding hydrogens is 352 g/mol. The van der Waals surface area contributed by atoms with Crippen LogP contribution in [0.5, 0.6) is 5.75 Å². The van der Waals surface area contributed by atoms with Crippen molar-refractivity contribution in [3.05, 3.63) is 58.6 Å². The van der Waals surface area contributed by atoms with Crippen LogP contribution in [0.4, 0.5) is 5.69 Å². The number of benzene rings is 2. The van der Waals surface area contributed by atoms with E-state index in [1.165, 1.54) is 18.2 Å². The van der Waals surface area contributed by atoms with Gasteiger partial charge in [-0.25, -0.2) is 0 Å². The summed E-state index contributed by atoms with van der Waals surface area (Å²) in [7, 11) is 0. The summed E-state index contributed by atoms with van der Waals surface area (Å²) in [5.41, 5.74) is 1.57. The Kier molecular flexibility index (Phi) is 6.64. The molecule has 5 nitrogen and oxygen atoms in total. The Hall–Kier alpha value is -2.53. The number of halogens is 1. The van der Waals surface area contributed by atoms with E-state index in [-0.39, 0.29) is 23.3 Å². The maximum Gasteiger partial charge on any atom is 0.252 e. The molecule has 0 bridgehead atoms. The summed E-state index contributed by atoms with van der Waals surface area (Å²) in [6.07, 6.45) is 0.463. The molecule has 0 fully saturated rings. The van der Waals surface area contributed by atoms with Crippen LogP contribution >= 0.6 is 11.6 Å². The van der Waals surface area contributed by atoms with Crippen molar-refractivity contribution in [3.8, 4) is 5.75 Å². The summed E-state index contributed by atoms with van der Waals surface area (Å²) in [6, 6.07) is 10.9. The molecule has 0 saturated heterocycles. The standard InChI is InChI=1S/C20H23ClN2O3/c1-12(2)10-17(23-19(25)15-7-5-4-6-13(15)3)20(26)22-16-11-14(21)8-9-18(16)24/h4-9,11-12,17,24H,10H2,1-3H3,(H,22,26)(H,23,25). The Bertz CT molecular complexity index is 805. The topological polar surface area (TPSA) is 78.4 Å². The number of carbonyl (C=O) groups excluding carboxylic acids is 2. The number of carbonyl (C=O) groups is 2. The Morgan fingerprint density at radius 3 is 2.50 bits per heavy atom. The number of nitrogens with one attached hydrogen (secondary N) is 2. The highest BCUT2D eigenvalue weighted by atomic mass is 35.5. The molecule has 6 heteroatoms. The van der Waals surface area contributed by atoms with Gasteiger partial charge in [-0.15, -0.1) is 0 Å². The van der Waals surface area contributed by atoms with Crippen molar-refractivity contribution >= 4 is 29.1 Å². The molecule has 26 heavy (non-hydrogen) atoms. The van der Waals surface area contributed by atoms with E-state index >= 15 is 0 Å². The van der Waals surface area contributed by atoms with E-state index in [1.54, 1.807) is 12.1 Å². The molecule has 138 valence electrons. The molecule has 0 aliphatic carbocycles. The van der Waals surface area contributed by atoms with Crippen LogP contribution in [0, 0.1) is 12.8 Å². The third kappa shape index (κ3) is 5.23. The van der Waals surface area contributed by atoms with Gasteiger partial charge in [0.1, 0.15) is 11.8 Å². The lowest BCUT2D eigenvalue weighted by Gasteiger charge is -2.21. The summed E-state index contributed by atoms with van der Waals surface area (Å²) in [4.78, 5) is 25.3.